The molecule has 0 spiro atoms. The molecule has 1 aromatic carbocycles. The van der Waals surface area contributed by atoms with Crippen LogP contribution in [-0.2, 0) is 5.75 Å². The number of thiophene rings is 1. The summed E-state index contributed by atoms with van der Waals surface area (Å²) in [4.78, 5) is 5.42. The number of rotatable bonds is 5. The van der Waals surface area contributed by atoms with Crippen molar-refractivity contribution >= 4 is 23.1 Å². The van der Waals surface area contributed by atoms with Crippen LogP contribution in [0.15, 0.2) is 57.4 Å². The highest BCUT2D eigenvalue weighted by molar-refractivity contribution is 7.98. The Kier molecular flexibility index (Phi) is 4.81. The van der Waals surface area contributed by atoms with Crippen LogP contribution in [0.2, 0.25) is 0 Å². The van der Waals surface area contributed by atoms with Gasteiger partial charge in [-0.1, -0.05) is 35.1 Å². The lowest BCUT2D eigenvalue weighted by Crippen LogP contribution is -1.91. The summed E-state index contributed by atoms with van der Waals surface area (Å²) in [6.07, 6.45) is 0. The predicted octanol–water partition coefficient (Wildman–Crippen LogP) is 5.16. The SMILES string of the molecule is Cc1ccc(-c2ccc(SCc3nc(-c4cccs4)no3)nn2)cc1C. The molecule has 0 unspecified atom stereocenters. The molecule has 0 aliphatic heterocycles. The van der Waals surface area contributed by atoms with E-state index in [0.717, 1.165) is 21.2 Å². The molecule has 130 valence electrons. The largest absolute Gasteiger partial charge is 0.338 e. The Morgan fingerprint density at radius 2 is 1.96 bits per heavy atom. The normalized spacial score (nSPS) is 11.0. The fraction of sp³-hybridized carbons (Fsp3) is 0.158. The van der Waals surface area contributed by atoms with E-state index in [-0.39, 0.29) is 0 Å². The fourth-order valence-electron chi connectivity index (χ4n) is 2.41. The van der Waals surface area contributed by atoms with Crippen molar-refractivity contribution in [1.82, 2.24) is 20.3 Å². The first-order valence-corrected chi connectivity index (χ1v) is 9.96. The van der Waals surface area contributed by atoms with Gasteiger partial charge in [-0.3, -0.25) is 0 Å². The molecule has 26 heavy (non-hydrogen) atoms. The van der Waals surface area contributed by atoms with Crippen LogP contribution >= 0.6 is 23.1 Å². The highest BCUT2D eigenvalue weighted by Crippen LogP contribution is 2.26. The predicted molar refractivity (Wildman–Crippen MR) is 104 cm³/mol. The van der Waals surface area contributed by atoms with E-state index >= 15 is 0 Å². The van der Waals surface area contributed by atoms with Crippen LogP contribution in [0.5, 0.6) is 0 Å². The zero-order valence-corrected chi connectivity index (χ0v) is 16.0. The molecule has 4 aromatic rings. The summed E-state index contributed by atoms with van der Waals surface area (Å²) < 4.78 is 5.30. The van der Waals surface area contributed by atoms with Crippen molar-refractivity contribution in [3.05, 3.63) is 64.9 Å². The molecule has 0 saturated heterocycles. The summed E-state index contributed by atoms with van der Waals surface area (Å²) in [5, 5.41) is 15.5. The molecular formula is C19H16N4OS2. The van der Waals surface area contributed by atoms with E-state index in [1.165, 1.54) is 22.9 Å². The lowest BCUT2D eigenvalue weighted by Gasteiger charge is -2.05. The first-order valence-electron chi connectivity index (χ1n) is 8.09. The number of nitrogens with zero attached hydrogens (tertiary/aromatic N) is 4. The fourth-order valence-corrected chi connectivity index (χ4v) is 3.71. The van der Waals surface area contributed by atoms with Crippen LogP contribution in [0.4, 0.5) is 0 Å². The van der Waals surface area contributed by atoms with Gasteiger partial charge in [0.05, 0.1) is 16.3 Å². The smallest absolute Gasteiger partial charge is 0.237 e. The van der Waals surface area contributed by atoms with Crippen molar-refractivity contribution in [2.45, 2.75) is 24.6 Å². The van der Waals surface area contributed by atoms with E-state index < -0.39 is 0 Å². The van der Waals surface area contributed by atoms with Gasteiger partial charge in [-0.15, -0.1) is 21.5 Å². The molecule has 0 aliphatic carbocycles. The van der Waals surface area contributed by atoms with Crippen molar-refractivity contribution in [1.29, 1.82) is 0 Å². The lowest BCUT2D eigenvalue weighted by atomic mass is 10.0. The first-order chi connectivity index (χ1) is 12.7. The van der Waals surface area contributed by atoms with Gasteiger partial charge < -0.3 is 4.52 Å². The van der Waals surface area contributed by atoms with Gasteiger partial charge in [-0.05, 0) is 54.6 Å². The van der Waals surface area contributed by atoms with E-state index in [2.05, 4.69) is 52.4 Å². The summed E-state index contributed by atoms with van der Waals surface area (Å²) >= 11 is 3.12. The topological polar surface area (TPSA) is 64.7 Å². The number of hydrogen-bond acceptors (Lipinski definition) is 7. The van der Waals surface area contributed by atoms with Gasteiger partial charge in [0, 0.05) is 5.56 Å². The standard InChI is InChI=1S/C19H16N4OS2/c1-12-5-6-14(10-13(12)2)15-7-8-18(22-21-15)26-11-17-20-19(23-24-17)16-4-3-9-25-16/h3-10H,11H2,1-2H3. The van der Waals surface area contributed by atoms with Crippen LogP contribution in [0.1, 0.15) is 17.0 Å². The molecule has 3 heterocycles. The Labute approximate surface area is 159 Å². The summed E-state index contributed by atoms with van der Waals surface area (Å²) in [5.74, 6) is 1.78. The van der Waals surface area contributed by atoms with Crippen molar-refractivity contribution in [2.24, 2.45) is 0 Å². The Balaban J connectivity index is 1.42. The number of aryl methyl sites for hydroxylation is 2. The van der Waals surface area contributed by atoms with Gasteiger partial charge in [-0.25, -0.2) is 0 Å². The second kappa shape index (κ2) is 7.39. The maximum Gasteiger partial charge on any atom is 0.237 e. The number of benzene rings is 1. The van der Waals surface area contributed by atoms with Gasteiger partial charge in [-0.2, -0.15) is 4.98 Å². The number of hydrogen-bond donors (Lipinski definition) is 0. The summed E-state index contributed by atoms with van der Waals surface area (Å²) in [7, 11) is 0. The lowest BCUT2D eigenvalue weighted by molar-refractivity contribution is 0.392. The summed E-state index contributed by atoms with van der Waals surface area (Å²) in [5.41, 5.74) is 4.47. The molecule has 4 rings (SSSR count). The first kappa shape index (κ1) is 16.9. The molecular weight excluding hydrogens is 364 g/mol. The van der Waals surface area contributed by atoms with Gasteiger partial charge in [0.25, 0.3) is 0 Å². The minimum Gasteiger partial charge on any atom is -0.338 e. The van der Waals surface area contributed by atoms with Gasteiger partial charge in [0.15, 0.2) is 0 Å². The third kappa shape index (κ3) is 3.68. The molecule has 5 nitrogen and oxygen atoms in total. The molecule has 0 fully saturated rings. The molecule has 0 N–H and O–H groups in total. The van der Waals surface area contributed by atoms with Crippen LogP contribution in [0.25, 0.3) is 22.0 Å². The minimum absolute atomic E-state index is 0.566. The highest BCUT2D eigenvalue weighted by atomic mass is 32.2. The second-order valence-corrected chi connectivity index (χ2v) is 7.78. The Morgan fingerprint density at radius 3 is 2.69 bits per heavy atom. The third-order valence-electron chi connectivity index (χ3n) is 4.00. The average molecular weight is 380 g/mol. The van der Waals surface area contributed by atoms with Gasteiger partial charge in [0.2, 0.25) is 11.7 Å². The average Bonchev–Trinajstić information content (AvgIpc) is 3.34. The maximum atomic E-state index is 5.30. The van der Waals surface area contributed by atoms with Crippen LogP contribution in [0.3, 0.4) is 0 Å². The molecule has 0 amide bonds. The van der Waals surface area contributed by atoms with Crippen LogP contribution < -0.4 is 0 Å². The summed E-state index contributed by atoms with van der Waals surface area (Å²) in [6.45, 7) is 4.21. The summed E-state index contributed by atoms with van der Waals surface area (Å²) in [6, 6.07) is 14.2. The number of aromatic nitrogens is 4. The Bertz CT molecular complexity index is 1010. The molecule has 0 saturated carbocycles. The monoisotopic (exact) mass is 380 g/mol. The quantitative estimate of drug-likeness (QED) is 0.445. The van der Waals surface area contributed by atoms with Crippen LogP contribution in [-0.4, -0.2) is 20.3 Å². The molecule has 0 radical (unpaired) electrons. The van der Waals surface area contributed by atoms with E-state index in [1.54, 1.807) is 11.3 Å². The van der Waals surface area contributed by atoms with Crippen molar-refractivity contribution in [3.8, 4) is 22.0 Å². The Morgan fingerprint density at radius 1 is 1.04 bits per heavy atom. The maximum absolute atomic E-state index is 5.30. The van der Waals surface area contributed by atoms with Gasteiger partial charge >= 0.3 is 0 Å². The molecule has 7 heteroatoms. The molecule has 0 aliphatic rings. The molecule has 3 aromatic heterocycles. The Hall–Kier alpha value is -2.51. The number of thioether (sulfide) groups is 1. The second-order valence-electron chi connectivity index (χ2n) is 5.83. The van der Waals surface area contributed by atoms with Crippen molar-refractivity contribution < 1.29 is 4.52 Å². The minimum atomic E-state index is 0.566. The third-order valence-corrected chi connectivity index (χ3v) is 5.77. The van der Waals surface area contributed by atoms with E-state index in [1.807, 2.05) is 29.6 Å². The van der Waals surface area contributed by atoms with Gasteiger partial charge in [0.1, 0.15) is 5.03 Å². The van der Waals surface area contributed by atoms with Crippen molar-refractivity contribution in [3.63, 3.8) is 0 Å². The van der Waals surface area contributed by atoms with Crippen molar-refractivity contribution in [2.75, 3.05) is 0 Å². The van der Waals surface area contributed by atoms with E-state index in [0.29, 0.717) is 17.5 Å². The molecule has 0 atom stereocenters. The molecule has 0 bridgehead atoms. The zero-order valence-electron chi connectivity index (χ0n) is 14.3. The van der Waals surface area contributed by atoms with E-state index in [9.17, 15) is 0 Å². The zero-order chi connectivity index (χ0) is 17.9. The van der Waals surface area contributed by atoms with E-state index in [4.69, 9.17) is 4.52 Å². The van der Waals surface area contributed by atoms with Crippen LogP contribution in [0, 0.1) is 13.8 Å². The highest BCUT2D eigenvalue weighted by Gasteiger charge is 2.10.